The number of aliphatic imine (C=N–C) groups is 1. The molecule has 3 aliphatic rings. The maximum absolute atomic E-state index is 10.1. The zero-order chi connectivity index (χ0) is 14.4. The van der Waals surface area contributed by atoms with Crippen molar-refractivity contribution in [3.05, 3.63) is 22.9 Å². The van der Waals surface area contributed by atoms with Gasteiger partial charge < -0.3 is 30.7 Å². The van der Waals surface area contributed by atoms with Crippen LogP contribution < -0.4 is 16.6 Å². The number of rotatable bonds is 2. The van der Waals surface area contributed by atoms with Crippen LogP contribution in [0.3, 0.4) is 0 Å². The lowest BCUT2D eigenvalue weighted by Crippen LogP contribution is -2.38. The van der Waals surface area contributed by atoms with E-state index in [1.165, 1.54) is 0 Å². The fourth-order valence-electron chi connectivity index (χ4n) is 2.55. The van der Waals surface area contributed by atoms with E-state index in [0.29, 0.717) is 22.9 Å². The van der Waals surface area contributed by atoms with E-state index < -0.39 is 24.4 Å². The van der Waals surface area contributed by atoms with Gasteiger partial charge in [-0.05, 0) is 0 Å². The largest absolute Gasteiger partial charge is 0.394 e. The normalized spacial score (nSPS) is 36.3. The van der Waals surface area contributed by atoms with Crippen LogP contribution in [0.1, 0.15) is 0 Å². The first kappa shape index (κ1) is 13.2. The van der Waals surface area contributed by atoms with E-state index in [1.807, 2.05) is 0 Å². The smallest absolute Gasteiger partial charge is 0.152 e. The molecule has 9 nitrogen and oxygen atoms in total. The van der Waals surface area contributed by atoms with Gasteiger partial charge in [-0.15, -0.1) is 0 Å². The number of aliphatic hydroxyl groups is 3. The first-order valence-corrected chi connectivity index (χ1v) is 6.20. The summed E-state index contributed by atoms with van der Waals surface area (Å²) in [5.41, 5.74) is 13.4. The van der Waals surface area contributed by atoms with Crippen LogP contribution in [0, 0.1) is 0 Å². The molecule has 3 rings (SSSR count). The van der Waals surface area contributed by atoms with Gasteiger partial charge in [0.25, 0.3) is 0 Å². The molecule has 0 aromatic heterocycles. The molecular weight excluding hydrogens is 266 g/mol. The van der Waals surface area contributed by atoms with Gasteiger partial charge in [0.05, 0.1) is 24.3 Å². The highest BCUT2D eigenvalue weighted by molar-refractivity contribution is 5.66. The third-order valence-electron chi connectivity index (χ3n) is 3.62. The summed E-state index contributed by atoms with van der Waals surface area (Å²) in [7, 11) is 1.78. The summed E-state index contributed by atoms with van der Waals surface area (Å²) in [5, 5.41) is 29.0. The Hall–Kier alpha value is -1.81. The second kappa shape index (κ2) is 4.63. The predicted molar refractivity (Wildman–Crippen MR) is 68.5 cm³/mol. The van der Waals surface area contributed by atoms with E-state index in [0.717, 1.165) is 0 Å². The zero-order valence-corrected chi connectivity index (χ0v) is 10.8. The molecule has 20 heavy (non-hydrogen) atoms. The molecule has 0 aliphatic carbocycles. The summed E-state index contributed by atoms with van der Waals surface area (Å²) in [5.74, 6) is 0.312. The van der Waals surface area contributed by atoms with E-state index in [-0.39, 0.29) is 6.61 Å². The molecule has 0 bridgehead atoms. The van der Waals surface area contributed by atoms with Crippen LogP contribution in [0.15, 0.2) is 27.9 Å². The monoisotopic (exact) mass is 283 g/mol. The Bertz CT molecular complexity index is 517. The maximum Gasteiger partial charge on any atom is 0.152 e. The van der Waals surface area contributed by atoms with Gasteiger partial charge in [-0.1, -0.05) is 0 Å². The molecule has 0 radical (unpaired) electrons. The average Bonchev–Trinajstić information content (AvgIpc) is 2.99. The maximum atomic E-state index is 10.1. The summed E-state index contributed by atoms with van der Waals surface area (Å²) >= 11 is 0. The van der Waals surface area contributed by atoms with E-state index in [1.54, 1.807) is 18.3 Å². The van der Waals surface area contributed by atoms with Crippen LogP contribution in [0.2, 0.25) is 0 Å². The van der Waals surface area contributed by atoms with Crippen molar-refractivity contribution >= 4 is 6.34 Å². The fourth-order valence-corrected chi connectivity index (χ4v) is 2.55. The van der Waals surface area contributed by atoms with Crippen LogP contribution in [0.4, 0.5) is 0 Å². The van der Waals surface area contributed by atoms with E-state index >= 15 is 0 Å². The van der Waals surface area contributed by atoms with E-state index in [4.69, 9.17) is 15.6 Å². The highest BCUT2D eigenvalue weighted by Crippen LogP contribution is 2.32. The van der Waals surface area contributed by atoms with Crippen LogP contribution in [0.5, 0.6) is 0 Å². The van der Waals surface area contributed by atoms with Crippen LogP contribution in [-0.2, 0) is 4.74 Å². The molecule has 110 valence electrons. The summed E-state index contributed by atoms with van der Waals surface area (Å²) in [6.45, 7) is -0.368. The Balaban J connectivity index is 1.97. The minimum Gasteiger partial charge on any atom is -0.394 e. The second-order valence-corrected chi connectivity index (χ2v) is 4.89. The van der Waals surface area contributed by atoms with Crippen molar-refractivity contribution < 1.29 is 20.1 Å². The third-order valence-corrected chi connectivity index (χ3v) is 3.62. The van der Waals surface area contributed by atoms with Gasteiger partial charge in [-0.25, -0.2) is 4.99 Å². The van der Waals surface area contributed by atoms with Gasteiger partial charge in [-0.3, -0.25) is 10.9 Å². The van der Waals surface area contributed by atoms with Crippen molar-refractivity contribution in [1.29, 1.82) is 0 Å². The topological polar surface area (TPSA) is 136 Å². The van der Waals surface area contributed by atoms with Gasteiger partial charge in [0.1, 0.15) is 30.1 Å². The molecule has 0 aromatic carbocycles. The number of ether oxygens (including phenoxy) is 1. The van der Waals surface area contributed by atoms with E-state index in [2.05, 4.69) is 15.8 Å². The quantitative estimate of drug-likeness (QED) is 0.313. The second-order valence-electron chi connectivity index (χ2n) is 4.89. The third kappa shape index (κ3) is 1.75. The molecule has 0 spiro atoms. The molecular formula is C11H17N5O4. The Kier molecular flexibility index (Phi) is 3.05. The lowest BCUT2D eigenvalue weighted by Gasteiger charge is -2.23. The summed E-state index contributed by atoms with van der Waals surface area (Å²) in [4.78, 5) is 5.73. The molecule has 0 aromatic rings. The Morgan fingerprint density at radius 3 is 2.80 bits per heavy atom. The molecule has 3 heterocycles. The lowest BCUT2D eigenvalue weighted by molar-refractivity contribution is -0.0151. The summed E-state index contributed by atoms with van der Waals surface area (Å²) in [6, 6.07) is 0. The van der Waals surface area contributed by atoms with Crippen LogP contribution in [0.25, 0.3) is 0 Å². The molecule has 4 atom stereocenters. The van der Waals surface area contributed by atoms with Gasteiger partial charge in [0, 0.05) is 7.05 Å². The number of hydrazine groups is 1. The molecule has 0 unspecified atom stereocenters. The van der Waals surface area contributed by atoms with Crippen molar-refractivity contribution in [1.82, 2.24) is 15.8 Å². The fraction of sp³-hybridized carbons (Fsp3) is 0.545. The highest BCUT2D eigenvalue weighted by Gasteiger charge is 2.47. The van der Waals surface area contributed by atoms with Crippen LogP contribution in [-0.4, -0.2) is 64.6 Å². The molecule has 0 amide bonds. The van der Waals surface area contributed by atoms with Crippen molar-refractivity contribution in [2.24, 2.45) is 10.7 Å². The van der Waals surface area contributed by atoms with Gasteiger partial charge >= 0.3 is 0 Å². The van der Waals surface area contributed by atoms with Gasteiger partial charge in [0.15, 0.2) is 5.82 Å². The number of nitrogens with one attached hydrogen (secondary N) is 2. The summed E-state index contributed by atoms with van der Waals surface area (Å²) in [6.07, 6.45) is -2.35. The first-order chi connectivity index (χ1) is 9.54. The number of hydrogen-bond donors (Lipinski definition) is 6. The first-order valence-electron chi connectivity index (χ1n) is 6.20. The molecule has 7 N–H and O–H groups in total. The molecule has 3 aliphatic heterocycles. The van der Waals surface area contributed by atoms with E-state index in [9.17, 15) is 10.2 Å². The molecule has 0 saturated carbocycles. The van der Waals surface area contributed by atoms with Crippen LogP contribution >= 0.6 is 0 Å². The average molecular weight is 283 g/mol. The highest BCUT2D eigenvalue weighted by atomic mass is 16.6. The van der Waals surface area contributed by atoms with Gasteiger partial charge in [-0.2, -0.15) is 0 Å². The number of hydrogen-bond acceptors (Lipinski definition) is 9. The minimum absolute atomic E-state index is 0.312. The molecule has 1 fully saturated rings. The number of nitrogens with zero attached hydrogens (tertiary/aromatic N) is 2. The summed E-state index contributed by atoms with van der Waals surface area (Å²) < 4.78 is 5.51. The lowest BCUT2D eigenvalue weighted by atomic mass is 10.0. The number of fused-ring (bicyclic) bond motifs is 1. The number of nitrogens with two attached hydrogens (primary N) is 1. The number of likely N-dealkylation sites (N-methyl/N-ethyl adjacent to an activating group) is 1. The predicted octanol–water partition coefficient (Wildman–Crippen LogP) is -3.11. The Morgan fingerprint density at radius 1 is 1.40 bits per heavy atom. The van der Waals surface area contributed by atoms with Gasteiger partial charge in [0.2, 0.25) is 0 Å². The Labute approximate surface area is 115 Å². The Morgan fingerprint density at radius 2 is 2.15 bits per heavy atom. The van der Waals surface area contributed by atoms with Crippen molar-refractivity contribution in [3.63, 3.8) is 0 Å². The zero-order valence-electron chi connectivity index (χ0n) is 10.8. The van der Waals surface area contributed by atoms with Crippen molar-refractivity contribution in [2.45, 2.75) is 24.4 Å². The van der Waals surface area contributed by atoms with Crippen molar-refractivity contribution in [2.75, 3.05) is 13.7 Å². The van der Waals surface area contributed by atoms with Crippen molar-refractivity contribution in [3.8, 4) is 0 Å². The SMILES string of the molecule is CN1C=NC(N)=C2NNC([C@@H]3O[C@H](CO)[C@@H](O)[C@H]3O)=C21. The number of aliphatic hydroxyl groups excluding tert-OH is 3. The minimum atomic E-state index is -1.15. The molecule has 9 heteroatoms. The molecule has 1 saturated heterocycles. The standard InChI is InChI=1S/C11H17N5O4/c1-16-3-13-11(12)6-7(16)5(14-15-6)10-9(19)8(18)4(2-17)20-10/h3-4,8-10,14-15,17-19H,2,12H2,1H3/t4-,8-,9-,10+/m1/s1.